The number of carbonyl (C=O) groups is 1. The summed E-state index contributed by atoms with van der Waals surface area (Å²) in [5.41, 5.74) is 0.0402. The van der Waals surface area contributed by atoms with Crippen molar-refractivity contribution in [3.8, 4) is 5.75 Å². The van der Waals surface area contributed by atoms with Crippen LogP contribution < -0.4 is 4.74 Å². The quantitative estimate of drug-likeness (QED) is 0.580. The highest BCUT2D eigenvalue weighted by molar-refractivity contribution is 5.85. The minimum absolute atomic E-state index is 0.0402. The van der Waals surface area contributed by atoms with Crippen LogP contribution in [0.15, 0.2) is 42.0 Å². The van der Waals surface area contributed by atoms with Crippen LogP contribution in [-0.2, 0) is 4.79 Å². The second-order valence-corrected chi connectivity index (χ2v) is 2.98. The van der Waals surface area contributed by atoms with Crippen LogP contribution in [0, 0.1) is 0 Å². The number of ether oxygens (including phenoxy) is 1. The first-order chi connectivity index (χ1) is 7.09. The first-order valence-corrected chi connectivity index (χ1v) is 4.41. The second-order valence-electron chi connectivity index (χ2n) is 2.98. The lowest BCUT2D eigenvalue weighted by molar-refractivity contribution is -0.132. The molecule has 1 unspecified atom stereocenters. The maximum Gasteiger partial charge on any atom is 0.331 e. The number of para-hydroxylation sites is 1. The summed E-state index contributed by atoms with van der Waals surface area (Å²) in [7, 11) is 0. The predicted octanol–water partition coefficient (Wildman–Crippen LogP) is 1.41. The van der Waals surface area contributed by atoms with Crippen molar-refractivity contribution in [3.05, 3.63) is 42.0 Å². The minimum atomic E-state index is -1.25. The molecule has 0 saturated carbocycles. The van der Waals surface area contributed by atoms with E-state index in [1.807, 2.05) is 6.07 Å². The Morgan fingerprint density at radius 3 is 2.53 bits per heavy atom. The van der Waals surface area contributed by atoms with E-state index in [-0.39, 0.29) is 5.57 Å². The SMILES string of the molecule is C/C(=C\C(O)Oc1ccccc1)C(=O)O. The van der Waals surface area contributed by atoms with Crippen molar-refractivity contribution in [1.29, 1.82) is 0 Å². The van der Waals surface area contributed by atoms with Gasteiger partial charge in [-0.1, -0.05) is 18.2 Å². The predicted molar refractivity (Wildman–Crippen MR) is 54.5 cm³/mol. The largest absolute Gasteiger partial charge is 0.478 e. The Kier molecular flexibility index (Phi) is 3.88. The normalized spacial score (nSPS) is 13.3. The highest BCUT2D eigenvalue weighted by Gasteiger charge is 2.06. The van der Waals surface area contributed by atoms with Crippen LogP contribution in [-0.4, -0.2) is 22.5 Å². The van der Waals surface area contributed by atoms with Gasteiger partial charge in [0, 0.05) is 5.57 Å². The number of aliphatic hydroxyl groups is 1. The van der Waals surface area contributed by atoms with Gasteiger partial charge in [-0.3, -0.25) is 0 Å². The molecule has 0 heterocycles. The third kappa shape index (κ3) is 3.83. The molecule has 4 nitrogen and oxygen atoms in total. The zero-order chi connectivity index (χ0) is 11.3. The van der Waals surface area contributed by atoms with Crippen molar-refractivity contribution in [2.24, 2.45) is 0 Å². The van der Waals surface area contributed by atoms with E-state index in [0.29, 0.717) is 5.75 Å². The molecule has 0 saturated heterocycles. The molecule has 0 spiro atoms. The summed E-state index contributed by atoms with van der Waals surface area (Å²) < 4.78 is 5.05. The Morgan fingerprint density at radius 2 is 2.00 bits per heavy atom. The molecule has 1 aromatic rings. The number of hydrogen-bond donors (Lipinski definition) is 2. The van der Waals surface area contributed by atoms with Crippen LogP contribution in [0.2, 0.25) is 0 Å². The Balaban J connectivity index is 2.61. The maximum atomic E-state index is 10.5. The molecule has 0 aliphatic rings. The van der Waals surface area contributed by atoms with E-state index in [4.69, 9.17) is 9.84 Å². The van der Waals surface area contributed by atoms with E-state index in [1.54, 1.807) is 24.3 Å². The number of hydrogen-bond acceptors (Lipinski definition) is 3. The Hall–Kier alpha value is -1.81. The molecule has 1 aromatic carbocycles. The van der Waals surface area contributed by atoms with Crippen molar-refractivity contribution < 1.29 is 19.7 Å². The third-order valence-electron chi connectivity index (χ3n) is 1.73. The lowest BCUT2D eigenvalue weighted by Gasteiger charge is -2.09. The van der Waals surface area contributed by atoms with Crippen molar-refractivity contribution in [2.45, 2.75) is 13.2 Å². The number of aliphatic carboxylic acids is 1. The van der Waals surface area contributed by atoms with E-state index >= 15 is 0 Å². The van der Waals surface area contributed by atoms with E-state index < -0.39 is 12.3 Å². The zero-order valence-corrected chi connectivity index (χ0v) is 8.25. The van der Waals surface area contributed by atoms with Crippen LogP contribution in [0.25, 0.3) is 0 Å². The molecule has 2 N–H and O–H groups in total. The fourth-order valence-electron chi connectivity index (χ4n) is 0.958. The highest BCUT2D eigenvalue weighted by atomic mass is 16.6. The first-order valence-electron chi connectivity index (χ1n) is 4.41. The standard InChI is InChI=1S/C11H12O4/c1-8(11(13)14)7-10(12)15-9-5-3-2-4-6-9/h2-7,10,12H,1H3,(H,13,14)/b8-7+. The van der Waals surface area contributed by atoms with Crippen LogP contribution in [0.4, 0.5) is 0 Å². The maximum absolute atomic E-state index is 10.5. The molecule has 4 heteroatoms. The van der Waals surface area contributed by atoms with Gasteiger partial charge in [0.05, 0.1) is 0 Å². The van der Waals surface area contributed by atoms with Gasteiger partial charge in [0.15, 0.2) is 0 Å². The zero-order valence-electron chi connectivity index (χ0n) is 8.25. The molecule has 0 bridgehead atoms. The van der Waals surface area contributed by atoms with Gasteiger partial charge in [-0.15, -0.1) is 0 Å². The lowest BCUT2D eigenvalue weighted by atomic mass is 10.3. The van der Waals surface area contributed by atoms with Crippen molar-refractivity contribution in [1.82, 2.24) is 0 Å². The smallest absolute Gasteiger partial charge is 0.331 e. The number of carboxylic acids is 1. The van der Waals surface area contributed by atoms with Crippen LogP contribution in [0.5, 0.6) is 5.75 Å². The van der Waals surface area contributed by atoms with Gasteiger partial charge in [0.2, 0.25) is 6.29 Å². The summed E-state index contributed by atoms with van der Waals surface area (Å²) in [6, 6.07) is 8.68. The number of aliphatic hydroxyl groups excluding tert-OH is 1. The molecule has 15 heavy (non-hydrogen) atoms. The molecule has 0 aliphatic heterocycles. The second kappa shape index (κ2) is 5.17. The van der Waals surface area contributed by atoms with Gasteiger partial charge in [-0.05, 0) is 25.1 Å². The van der Waals surface area contributed by atoms with E-state index in [0.717, 1.165) is 6.08 Å². The van der Waals surface area contributed by atoms with Gasteiger partial charge >= 0.3 is 5.97 Å². The van der Waals surface area contributed by atoms with E-state index in [2.05, 4.69) is 0 Å². The van der Waals surface area contributed by atoms with E-state index in [1.165, 1.54) is 6.92 Å². The number of carboxylic acid groups (broad SMARTS) is 1. The Morgan fingerprint density at radius 1 is 1.40 bits per heavy atom. The molecule has 0 radical (unpaired) electrons. The van der Waals surface area contributed by atoms with Gasteiger partial charge in [-0.2, -0.15) is 0 Å². The molecular weight excluding hydrogens is 196 g/mol. The molecule has 1 rings (SSSR count). The summed E-state index contributed by atoms with van der Waals surface area (Å²) in [6.45, 7) is 1.39. The molecule has 0 fully saturated rings. The topological polar surface area (TPSA) is 66.8 Å². The molecule has 0 amide bonds. The van der Waals surface area contributed by atoms with Gasteiger partial charge in [0.1, 0.15) is 5.75 Å². The Labute approximate surface area is 87.4 Å². The average molecular weight is 208 g/mol. The minimum Gasteiger partial charge on any atom is -0.478 e. The Bertz CT molecular complexity index is 356. The van der Waals surface area contributed by atoms with Gasteiger partial charge in [-0.25, -0.2) is 4.79 Å². The molecule has 0 aliphatic carbocycles. The molecular formula is C11H12O4. The highest BCUT2D eigenvalue weighted by Crippen LogP contribution is 2.11. The fourth-order valence-corrected chi connectivity index (χ4v) is 0.958. The van der Waals surface area contributed by atoms with Crippen molar-refractivity contribution >= 4 is 5.97 Å². The first kappa shape index (κ1) is 11.3. The summed E-state index contributed by atoms with van der Waals surface area (Å²) in [4.78, 5) is 10.5. The molecule has 0 aromatic heterocycles. The monoisotopic (exact) mass is 208 g/mol. The summed E-state index contributed by atoms with van der Waals surface area (Å²) in [6.07, 6.45) is -0.113. The number of benzene rings is 1. The van der Waals surface area contributed by atoms with Crippen molar-refractivity contribution in [3.63, 3.8) is 0 Å². The molecule has 80 valence electrons. The lowest BCUT2D eigenvalue weighted by Crippen LogP contribution is -2.14. The summed E-state index contributed by atoms with van der Waals surface area (Å²) in [5, 5.41) is 17.9. The number of rotatable bonds is 4. The molecule has 1 atom stereocenters. The summed E-state index contributed by atoms with van der Waals surface area (Å²) in [5.74, 6) is -0.592. The van der Waals surface area contributed by atoms with E-state index in [9.17, 15) is 9.90 Å². The fraction of sp³-hybridized carbons (Fsp3) is 0.182. The summed E-state index contributed by atoms with van der Waals surface area (Å²) >= 11 is 0. The van der Waals surface area contributed by atoms with Crippen LogP contribution >= 0.6 is 0 Å². The average Bonchev–Trinajstić information content (AvgIpc) is 2.18. The van der Waals surface area contributed by atoms with Crippen LogP contribution in [0.1, 0.15) is 6.92 Å². The third-order valence-corrected chi connectivity index (χ3v) is 1.73. The van der Waals surface area contributed by atoms with Gasteiger partial charge < -0.3 is 14.9 Å². The van der Waals surface area contributed by atoms with Crippen LogP contribution in [0.3, 0.4) is 0 Å². The van der Waals surface area contributed by atoms with Crippen molar-refractivity contribution in [2.75, 3.05) is 0 Å². The van der Waals surface area contributed by atoms with Gasteiger partial charge in [0.25, 0.3) is 0 Å².